The molecule has 1 fully saturated rings. The molecule has 1 saturated carbocycles. The van der Waals surface area contributed by atoms with Crippen molar-refractivity contribution in [2.24, 2.45) is 17.6 Å². The van der Waals surface area contributed by atoms with Crippen LogP contribution in [0.25, 0.3) is 0 Å². The molecule has 1 aromatic heterocycles. The molecule has 0 aromatic carbocycles. The summed E-state index contributed by atoms with van der Waals surface area (Å²) in [4.78, 5) is 4.18. The van der Waals surface area contributed by atoms with Crippen LogP contribution in [0.2, 0.25) is 0 Å². The molecule has 1 aromatic rings. The maximum Gasteiger partial charge on any atom is 0.0300 e. The van der Waals surface area contributed by atoms with E-state index in [1.807, 2.05) is 18.5 Å². The van der Waals surface area contributed by atoms with Gasteiger partial charge in [0.25, 0.3) is 0 Å². The third-order valence-electron chi connectivity index (χ3n) is 4.14. The van der Waals surface area contributed by atoms with E-state index in [0.29, 0.717) is 0 Å². The molecule has 1 heterocycles. The molecule has 2 rings (SSSR count). The summed E-state index contributed by atoms with van der Waals surface area (Å²) >= 11 is 0. The summed E-state index contributed by atoms with van der Waals surface area (Å²) in [7, 11) is 0. The molecule has 0 amide bonds. The Morgan fingerprint density at radius 3 is 3.00 bits per heavy atom. The highest BCUT2D eigenvalue weighted by Gasteiger charge is 2.33. The van der Waals surface area contributed by atoms with Crippen molar-refractivity contribution in [3.63, 3.8) is 0 Å². The zero-order valence-electron chi connectivity index (χ0n) is 11.0. The van der Waals surface area contributed by atoms with Crippen molar-refractivity contribution in [3.05, 3.63) is 30.1 Å². The average molecular weight is 232 g/mol. The molecule has 2 atom stereocenters. The highest BCUT2D eigenvalue weighted by atomic mass is 14.8. The van der Waals surface area contributed by atoms with Gasteiger partial charge in [0, 0.05) is 17.9 Å². The molecular formula is C15H24N2. The number of aromatic nitrogens is 1. The summed E-state index contributed by atoms with van der Waals surface area (Å²) in [5.41, 5.74) is 7.86. The van der Waals surface area contributed by atoms with Crippen LogP contribution in [0.5, 0.6) is 0 Å². The summed E-state index contributed by atoms with van der Waals surface area (Å²) < 4.78 is 0. The summed E-state index contributed by atoms with van der Waals surface area (Å²) in [6.45, 7) is 4.64. The molecule has 0 spiro atoms. The molecule has 0 saturated heterocycles. The summed E-state index contributed by atoms with van der Waals surface area (Å²) in [5, 5.41) is 0. The van der Waals surface area contributed by atoms with Crippen molar-refractivity contribution >= 4 is 0 Å². The zero-order valence-corrected chi connectivity index (χ0v) is 11.0. The second-order valence-electron chi connectivity index (χ2n) is 6.00. The lowest BCUT2D eigenvalue weighted by Crippen LogP contribution is -2.47. The van der Waals surface area contributed by atoms with E-state index in [-0.39, 0.29) is 5.54 Å². The molecule has 94 valence electrons. The number of nitrogens with zero attached hydrogens (tertiary/aromatic N) is 1. The molecule has 17 heavy (non-hydrogen) atoms. The van der Waals surface area contributed by atoms with E-state index >= 15 is 0 Å². The molecule has 0 bridgehead atoms. The fourth-order valence-corrected chi connectivity index (χ4v) is 3.08. The van der Waals surface area contributed by atoms with Crippen molar-refractivity contribution in [1.82, 2.24) is 4.98 Å². The summed E-state index contributed by atoms with van der Waals surface area (Å²) in [5.74, 6) is 1.55. The van der Waals surface area contributed by atoms with Gasteiger partial charge in [0.05, 0.1) is 0 Å². The van der Waals surface area contributed by atoms with Gasteiger partial charge < -0.3 is 5.73 Å². The maximum atomic E-state index is 6.59. The predicted molar refractivity (Wildman–Crippen MR) is 71.7 cm³/mol. The molecule has 0 radical (unpaired) electrons. The first-order valence-corrected chi connectivity index (χ1v) is 6.77. The Kier molecular flexibility index (Phi) is 3.82. The fraction of sp³-hybridized carbons (Fsp3) is 0.667. The van der Waals surface area contributed by atoms with Gasteiger partial charge in [-0.2, -0.15) is 0 Å². The Bertz CT molecular complexity index is 347. The third-order valence-corrected chi connectivity index (χ3v) is 4.14. The Hall–Kier alpha value is -0.890. The van der Waals surface area contributed by atoms with E-state index in [9.17, 15) is 0 Å². The molecule has 1 aliphatic carbocycles. The predicted octanol–water partition coefficient (Wildman–Crippen LogP) is 3.17. The van der Waals surface area contributed by atoms with E-state index in [4.69, 9.17) is 5.73 Å². The van der Waals surface area contributed by atoms with Crippen LogP contribution in [0.4, 0.5) is 0 Å². The van der Waals surface area contributed by atoms with Crippen molar-refractivity contribution in [3.8, 4) is 0 Å². The molecule has 1 aliphatic rings. The second kappa shape index (κ2) is 5.18. The lowest BCUT2D eigenvalue weighted by molar-refractivity contribution is 0.182. The van der Waals surface area contributed by atoms with Crippen LogP contribution in [0, 0.1) is 11.8 Å². The van der Waals surface area contributed by atoms with Gasteiger partial charge in [-0.15, -0.1) is 0 Å². The molecule has 2 N–H and O–H groups in total. The molecule has 2 heteroatoms. The average Bonchev–Trinajstić information content (AvgIpc) is 2.29. The topological polar surface area (TPSA) is 38.9 Å². The first kappa shape index (κ1) is 12.6. The largest absolute Gasteiger partial charge is 0.325 e. The van der Waals surface area contributed by atoms with Gasteiger partial charge in [0.2, 0.25) is 0 Å². The first-order chi connectivity index (χ1) is 8.09. The molecular weight excluding hydrogens is 208 g/mol. The maximum absolute atomic E-state index is 6.59. The Balaban J connectivity index is 2.03. The Morgan fingerprint density at radius 2 is 2.35 bits per heavy atom. The summed E-state index contributed by atoms with van der Waals surface area (Å²) in [6, 6.07) is 4.14. The van der Waals surface area contributed by atoms with Crippen molar-refractivity contribution in [2.45, 2.75) is 51.5 Å². The van der Waals surface area contributed by atoms with Crippen LogP contribution < -0.4 is 5.73 Å². The molecule has 2 unspecified atom stereocenters. The Labute approximate surface area is 105 Å². The summed E-state index contributed by atoms with van der Waals surface area (Å²) in [6.07, 6.45) is 9.70. The van der Waals surface area contributed by atoms with Crippen LogP contribution in [-0.4, -0.2) is 10.5 Å². The SMILES string of the molecule is CC(C)C1CCCC(N)(Cc2cccnc2)C1. The minimum absolute atomic E-state index is 0.00375. The lowest BCUT2D eigenvalue weighted by Gasteiger charge is -2.39. The minimum atomic E-state index is -0.00375. The fourth-order valence-electron chi connectivity index (χ4n) is 3.08. The lowest BCUT2D eigenvalue weighted by atomic mass is 9.70. The first-order valence-electron chi connectivity index (χ1n) is 6.77. The van der Waals surface area contributed by atoms with Gasteiger partial charge in [0.15, 0.2) is 0 Å². The van der Waals surface area contributed by atoms with Gasteiger partial charge >= 0.3 is 0 Å². The number of hydrogen-bond acceptors (Lipinski definition) is 2. The molecule has 2 nitrogen and oxygen atoms in total. The van der Waals surface area contributed by atoms with Crippen molar-refractivity contribution in [2.75, 3.05) is 0 Å². The molecule has 0 aliphatic heterocycles. The second-order valence-corrected chi connectivity index (χ2v) is 6.00. The normalized spacial score (nSPS) is 29.5. The van der Waals surface area contributed by atoms with Gasteiger partial charge in [-0.25, -0.2) is 0 Å². The van der Waals surface area contributed by atoms with E-state index in [1.54, 1.807) is 0 Å². The van der Waals surface area contributed by atoms with Gasteiger partial charge in [-0.1, -0.05) is 32.8 Å². The smallest absolute Gasteiger partial charge is 0.0300 e. The van der Waals surface area contributed by atoms with Crippen LogP contribution in [-0.2, 0) is 6.42 Å². The van der Waals surface area contributed by atoms with Crippen LogP contribution in [0.3, 0.4) is 0 Å². The minimum Gasteiger partial charge on any atom is -0.325 e. The van der Waals surface area contributed by atoms with Gasteiger partial charge in [-0.3, -0.25) is 4.98 Å². The van der Waals surface area contributed by atoms with Crippen LogP contribution in [0.15, 0.2) is 24.5 Å². The van der Waals surface area contributed by atoms with E-state index in [0.717, 1.165) is 24.7 Å². The quantitative estimate of drug-likeness (QED) is 0.869. The third kappa shape index (κ3) is 3.29. The van der Waals surface area contributed by atoms with Gasteiger partial charge in [0.1, 0.15) is 0 Å². The van der Waals surface area contributed by atoms with Gasteiger partial charge in [-0.05, 0) is 42.7 Å². The highest BCUT2D eigenvalue weighted by molar-refractivity contribution is 5.13. The number of hydrogen-bond donors (Lipinski definition) is 1. The standard InChI is InChI=1S/C15H24N2/c1-12(2)14-6-3-7-15(16,10-14)9-13-5-4-8-17-11-13/h4-5,8,11-12,14H,3,6-7,9-10,16H2,1-2H3. The number of nitrogens with two attached hydrogens (primary N) is 1. The van der Waals surface area contributed by atoms with E-state index < -0.39 is 0 Å². The van der Waals surface area contributed by atoms with Crippen molar-refractivity contribution in [1.29, 1.82) is 0 Å². The highest BCUT2D eigenvalue weighted by Crippen LogP contribution is 2.36. The number of rotatable bonds is 3. The van der Waals surface area contributed by atoms with Crippen LogP contribution in [0.1, 0.15) is 45.1 Å². The van der Waals surface area contributed by atoms with E-state index in [1.165, 1.54) is 24.8 Å². The number of pyridine rings is 1. The van der Waals surface area contributed by atoms with Crippen LogP contribution >= 0.6 is 0 Å². The van der Waals surface area contributed by atoms with Crippen molar-refractivity contribution < 1.29 is 0 Å². The van der Waals surface area contributed by atoms with E-state index in [2.05, 4.69) is 24.9 Å². The Morgan fingerprint density at radius 1 is 1.53 bits per heavy atom. The zero-order chi connectivity index (χ0) is 12.3. The monoisotopic (exact) mass is 232 g/mol.